The van der Waals surface area contributed by atoms with Crippen molar-refractivity contribution >= 4 is 66.9 Å². The summed E-state index contributed by atoms with van der Waals surface area (Å²) >= 11 is 5.71. The molecule has 0 amide bonds. The number of hydrogen-bond donors (Lipinski definition) is 4. The van der Waals surface area contributed by atoms with Crippen LogP contribution < -0.4 is 64.4 Å². The maximum absolute atomic E-state index is 11.7. The van der Waals surface area contributed by atoms with Gasteiger partial charge in [0.15, 0.2) is 5.75 Å². The fourth-order valence-corrected chi connectivity index (χ4v) is 4.93. The summed E-state index contributed by atoms with van der Waals surface area (Å²) in [7, 11) is -15.4. The first-order chi connectivity index (χ1) is 15.0. The van der Waals surface area contributed by atoms with Crippen LogP contribution in [0.1, 0.15) is 0 Å². The number of rotatable bonds is 5. The molecule has 176 valence electrons. The molecule has 0 saturated carbocycles. The minimum Gasteiger partial charge on any atom is -0.744 e. The Balaban J connectivity index is 0.00000306. The summed E-state index contributed by atoms with van der Waals surface area (Å²) in [5, 5.41) is 25.7. The van der Waals surface area contributed by atoms with E-state index in [1.165, 1.54) is 6.07 Å². The Morgan fingerprint density at radius 2 is 1.49 bits per heavy atom. The molecule has 0 spiro atoms. The van der Waals surface area contributed by atoms with Crippen LogP contribution in [0.5, 0.6) is 11.5 Å². The van der Waals surface area contributed by atoms with E-state index in [4.69, 9.17) is 11.6 Å². The third-order valence-corrected chi connectivity index (χ3v) is 7.05. The van der Waals surface area contributed by atoms with E-state index >= 15 is 0 Å². The zero-order chi connectivity index (χ0) is 24.9. The average Bonchev–Trinajstić information content (AvgIpc) is 2.65. The predicted molar refractivity (Wildman–Crippen MR) is 111 cm³/mol. The molecule has 19 heteroatoms. The van der Waals surface area contributed by atoms with Crippen molar-refractivity contribution in [1.82, 2.24) is 0 Å². The van der Waals surface area contributed by atoms with Gasteiger partial charge in [-0.2, -0.15) is 0 Å². The SMILES string of the molecule is O=P(O)(O)c1cc(Cl)ccc1/N=N/c1c(S(=O)(=O)[O-])cc2cc(S(=O)(=O)[O-])cc(O)c2c1O.[Na+].[Na+]. The molecule has 13 nitrogen and oxygen atoms in total. The molecule has 0 saturated heterocycles. The first-order valence-corrected chi connectivity index (χ1v) is 13.0. The zero-order valence-electron chi connectivity index (χ0n) is 17.6. The number of benzene rings is 3. The molecule has 0 atom stereocenters. The molecule has 0 fully saturated rings. The van der Waals surface area contributed by atoms with E-state index in [9.17, 15) is 50.5 Å². The Labute approximate surface area is 247 Å². The first kappa shape index (κ1) is 32.4. The summed E-state index contributed by atoms with van der Waals surface area (Å²) in [6, 6.07) is 4.73. The average molecular weight is 583 g/mol. The van der Waals surface area contributed by atoms with Crippen LogP contribution in [0.15, 0.2) is 56.4 Å². The summed E-state index contributed by atoms with van der Waals surface area (Å²) < 4.78 is 80.6. The van der Waals surface area contributed by atoms with Gasteiger partial charge in [-0.05, 0) is 41.8 Å². The van der Waals surface area contributed by atoms with Gasteiger partial charge in [-0.25, -0.2) is 16.8 Å². The van der Waals surface area contributed by atoms with Crippen LogP contribution in [0.25, 0.3) is 10.8 Å². The molecular formula is C16H10ClN2Na2O11PS2. The number of phenols is 2. The number of halogens is 1. The molecule has 0 heterocycles. The second kappa shape index (κ2) is 11.4. The summed E-state index contributed by atoms with van der Waals surface area (Å²) in [5.74, 6) is -2.10. The smallest absolute Gasteiger partial charge is 0.744 e. The second-order valence-electron chi connectivity index (χ2n) is 6.40. The van der Waals surface area contributed by atoms with Crippen molar-refractivity contribution in [3.8, 4) is 11.5 Å². The monoisotopic (exact) mass is 582 g/mol. The van der Waals surface area contributed by atoms with E-state index < -0.39 is 76.6 Å². The number of nitrogens with zero attached hydrogens (tertiary/aromatic N) is 2. The summed E-state index contributed by atoms with van der Waals surface area (Å²) in [4.78, 5) is 16.7. The third kappa shape index (κ3) is 7.24. The molecular weight excluding hydrogens is 573 g/mol. The van der Waals surface area contributed by atoms with Gasteiger partial charge in [0.1, 0.15) is 37.4 Å². The Kier molecular flexibility index (Phi) is 10.6. The van der Waals surface area contributed by atoms with Crippen LogP contribution >= 0.6 is 19.2 Å². The molecule has 4 N–H and O–H groups in total. The van der Waals surface area contributed by atoms with Gasteiger partial charge in [-0.15, -0.1) is 10.2 Å². The third-order valence-electron chi connectivity index (χ3n) is 4.17. The number of fused-ring (bicyclic) bond motifs is 1. The van der Waals surface area contributed by atoms with Crippen molar-refractivity contribution < 1.29 is 110 Å². The van der Waals surface area contributed by atoms with E-state index in [2.05, 4.69) is 10.2 Å². The van der Waals surface area contributed by atoms with Crippen LogP contribution in [-0.2, 0) is 24.8 Å². The minimum atomic E-state index is -5.41. The summed E-state index contributed by atoms with van der Waals surface area (Å²) in [6.07, 6.45) is 0. The van der Waals surface area contributed by atoms with Crippen LogP contribution in [0.3, 0.4) is 0 Å². The second-order valence-corrected chi connectivity index (χ2v) is 11.1. The molecule has 0 radical (unpaired) electrons. The van der Waals surface area contributed by atoms with E-state index in [1.807, 2.05) is 0 Å². The minimum absolute atomic E-state index is 0. The Morgan fingerprint density at radius 1 is 0.886 bits per heavy atom. The van der Waals surface area contributed by atoms with E-state index in [-0.39, 0.29) is 64.1 Å². The molecule has 3 aromatic carbocycles. The standard InChI is InChI=1S/C16H12ClN2O11PS2.2Na/c17-8-1-2-10(12(5-8)31(22,23)24)18-19-15-13(33(28,29)30)4-7-3-9(32(25,26)27)6-11(20)14(7)16(15)21;;/h1-6,20-21H,(H2,22,23,24)(H,25,26,27)(H,28,29,30);;/q;2*+1/p-2/b19-18+;;. The Bertz CT molecular complexity index is 1610. The number of phenolic OH excluding ortho intramolecular Hbond substituents is 2. The molecule has 3 aromatic rings. The molecule has 0 aliphatic heterocycles. The van der Waals surface area contributed by atoms with Crippen molar-refractivity contribution in [3.63, 3.8) is 0 Å². The maximum atomic E-state index is 11.7. The van der Waals surface area contributed by atoms with E-state index in [0.717, 1.165) is 12.1 Å². The predicted octanol–water partition coefficient (Wildman–Crippen LogP) is -4.06. The van der Waals surface area contributed by atoms with Gasteiger partial charge < -0.3 is 29.1 Å². The van der Waals surface area contributed by atoms with Gasteiger partial charge >= 0.3 is 66.7 Å². The van der Waals surface area contributed by atoms with E-state index in [1.54, 1.807) is 0 Å². The fourth-order valence-electron chi connectivity index (χ4n) is 2.79. The number of azo groups is 1. The van der Waals surface area contributed by atoms with Crippen molar-refractivity contribution in [2.45, 2.75) is 9.79 Å². The number of aromatic hydroxyl groups is 2. The van der Waals surface area contributed by atoms with Gasteiger partial charge in [-0.1, -0.05) is 11.6 Å². The van der Waals surface area contributed by atoms with Crippen LogP contribution in [0.2, 0.25) is 5.02 Å². The van der Waals surface area contributed by atoms with Crippen molar-refractivity contribution in [2.24, 2.45) is 10.2 Å². The molecule has 0 aliphatic carbocycles. The molecule has 3 rings (SSSR count). The van der Waals surface area contributed by atoms with Crippen LogP contribution in [-0.4, -0.2) is 45.9 Å². The van der Waals surface area contributed by atoms with Crippen molar-refractivity contribution in [2.75, 3.05) is 0 Å². The van der Waals surface area contributed by atoms with Crippen molar-refractivity contribution in [3.05, 3.63) is 41.4 Å². The maximum Gasteiger partial charge on any atom is 1.00 e. The largest absolute Gasteiger partial charge is 1.00 e. The molecule has 0 aliphatic rings. The summed E-state index contributed by atoms with van der Waals surface area (Å²) in [5.41, 5.74) is -1.50. The summed E-state index contributed by atoms with van der Waals surface area (Å²) in [6.45, 7) is 0. The molecule has 0 bridgehead atoms. The first-order valence-electron chi connectivity index (χ1n) is 8.22. The quantitative estimate of drug-likeness (QED) is 0.0976. The molecule has 0 aromatic heterocycles. The Morgan fingerprint density at radius 3 is 2.00 bits per heavy atom. The fraction of sp³-hybridized carbons (Fsp3) is 0. The van der Waals surface area contributed by atoms with Crippen LogP contribution in [0, 0.1) is 0 Å². The molecule has 35 heavy (non-hydrogen) atoms. The van der Waals surface area contributed by atoms with E-state index in [0.29, 0.717) is 18.2 Å². The zero-order valence-corrected chi connectivity index (χ0v) is 24.9. The van der Waals surface area contributed by atoms with Gasteiger partial charge in [0.05, 0.1) is 20.5 Å². The Hall–Kier alpha value is -0.620. The van der Waals surface area contributed by atoms with Gasteiger partial charge in [0.25, 0.3) is 0 Å². The number of hydrogen-bond acceptors (Lipinski definition) is 11. The van der Waals surface area contributed by atoms with Crippen LogP contribution in [0.4, 0.5) is 11.4 Å². The van der Waals surface area contributed by atoms with Gasteiger partial charge in [-0.3, -0.25) is 4.57 Å². The topological polar surface area (TPSA) is 237 Å². The van der Waals surface area contributed by atoms with Gasteiger partial charge in [0.2, 0.25) is 0 Å². The molecule has 0 unspecified atom stereocenters. The van der Waals surface area contributed by atoms with Gasteiger partial charge in [0, 0.05) is 5.02 Å². The van der Waals surface area contributed by atoms with Crippen molar-refractivity contribution in [1.29, 1.82) is 0 Å². The normalized spacial score (nSPS) is 12.4.